The fourth-order valence-electron chi connectivity index (χ4n) is 1.86. The van der Waals surface area contributed by atoms with Gasteiger partial charge in [-0.1, -0.05) is 17.7 Å². The van der Waals surface area contributed by atoms with Crippen molar-refractivity contribution in [2.45, 2.75) is 25.1 Å². The fraction of sp³-hybridized carbons (Fsp3) is 0.308. The van der Waals surface area contributed by atoms with Crippen molar-refractivity contribution in [2.24, 2.45) is 0 Å². The molecule has 0 amide bonds. The van der Waals surface area contributed by atoms with Gasteiger partial charge in [-0.15, -0.1) is 11.3 Å². The molecule has 2 aromatic rings. The molecule has 0 aliphatic heterocycles. The first-order valence-electron chi connectivity index (χ1n) is 5.78. The minimum absolute atomic E-state index is 0.155. The van der Waals surface area contributed by atoms with Gasteiger partial charge < -0.3 is 5.11 Å². The van der Waals surface area contributed by atoms with Crippen LogP contribution in [0.4, 0.5) is 13.2 Å². The van der Waals surface area contributed by atoms with E-state index in [0.29, 0.717) is 23.4 Å². The zero-order chi connectivity index (χ0) is 14.8. The van der Waals surface area contributed by atoms with Crippen LogP contribution >= 0.6 is 22.9 Å². The molecular weight excluding hydrogens is 311 g/mol. The quantitative estimate of drug-likeness (QED) is 0.916. The highest BCUT2D eigenvalue weighted by Crippen LogP contribution is 2.35. The monoisotopic (exact) mass is 321 g/mol. The van der Waals surface area contributed by atoms with E-state index in [1.54, 1.807) is 5.51 Å². The van der Waals surface area contributed by atoms with Crippen molar-refractivity contribution in [3.05, 3.63) is 50.9 Å². The number of hydrogen-bond donors (Lipinski definition) is 1. The molecule has 1 N–H and O–H groups in total. The Bertz CT molecular complexity index is 571. The van der Waals surface area contributed by atoms with Gasteiger partial charge in [0.2, 0.25) is 0 Å². The molecule has 0 saturated heterocycles. The summed E-state index contributed by atoms with van der Waals surface area (Å²) in [6.07, 6.45) is -6.34. The number of thiazole rings is 1. The molecule has 1 aromatic carbocycles. The van der Waals surface area contributed by atoms with Gasteiger partial charge in [0, 0.05) is 10.4 Å². The summed E-state index contributed by atoms with van der Waals surface area (Å²) in [6.45, 7) is 0. The van der Waals surface area contributed by atoms with Gasteiger partial charge in [0.1, 0.15) is 0 Å². The van der Waals surface area contributed by atoms with E-state index in [0.717, 1.165) is 5.69 Å². The number of rotatable bonds is 4. The van der Waals surface area contributed by atoms with Crippen LogP contribution in [-0.4, -0.2) is 16.3 Å². The van der Waals surface area contributed by atoms with Gasteiger partial charge in [-0.25, -0.2) is 4.98 Å². The van der Waals surface area contributed by atoms with Crippen molar-refractivity contribution in [1.29, 1.82) is 0 Å². The minimum Gasteiger partial charge on any atom is -0.379 e. The maximum atomic E-state index is 12.6. The SMILES string of the molecule is OC(c1ccc(Cl)cc1CCc1cscn1)C(F)(F)F. The smallest absolute Gasteiger partial charge is 0.379 e. The van der Waals surface area contributed by atoms with Gasteiger partial charge in [0.25, 0.3) is 0 Å². The summed E-state index contributed by atoms with van der Waals surface area (Å²) in [6, 6.07) is 4.02. The Morgan fingerprint density at radius 1 is 1.30 bits per heavy atom. The average Bonchev–Trinajstić information content (AvgIpc) is 2.87. The number of alkyl halides is 3. The molecule has 0 saturated carbocycles. The summed E-state index contributed by atoms with van der Waals surface area (Å²) in [7, 11) is 0. The summed E-state index contributed by atoms with van der Waals surface area (Å²) in [5.41, 5.74) is 2.70. The standard InChI is InChI=1S/C13H11ClF3NOS/c14-9-2-4-11(12(19)13(15,16)17)8(5-9)1-3-10-6-20-7-18-10/h2,4-7,12,19H,1,3H2. The van der Waals surface area contributed by atoms with Crippen LogP contribution in [-0.2, 0) is 12.8 Å². The summed E-state index contributed by atoms with van der Waals surface area (Å²) in [4.78, 5) is 4.08. The molecule has 108 valence electrons. The predicted octanol–water partition coefficient (Wildman–Crippen LogP) is 4.18. The van der Waals surface area contributed by atoms with Crippen LogP contribution < -0.4 is 0 Å². The van der Waals surface area contributed by atoms with Crippen LogP contribution in [0.15, 0.2) is 29.1 Å². The lowest BCUT2D eigenvalue weighted by Crippen LogP contribution is -2.21. The normalized spacial score (nSPS) is 13.4. The van der Waals surface area contributed by atoms with E-state index in [4.69, 9.17) is 11.6 Å². The van der Waals surface area contributed by atoms with Crippen LogP contribution in [0.3, 0.4) is 0 Å². The first-order valence-corrected chi connectivity index (χ1v) is 7.10. The Kier molecular flexibility index (Phi) is 4.67. The molecule has 0 aliphatic carbocycles. The maximum absolute atomic E-state index is 12.6. The first-order chi connectivity index (χ1) is 9.38. The lowest BCUT2D eigenvalue weighted by atomic mass is 9.98. The third-order valence-corrected chi connectivity index (χ3v) is 3.71. The number of aryl methyl sites for hydroxylation is 2. The second kappa shape index (κ2) is 6.11. The lowest BCUT2D eigenvalue weighted by molar-refractivity contribution is -0.207. The van der Waals surface area contributed by atoms with Gasteiger partial charge >= 0.3 is 6.18 Å². The van der Waals surface area contributed by atoms with Crippen LogP contribution in [0.2, 0.25) is 5.02 Å². The summed E-state index contributed by atoms with van der Waals surface area (Å²) in [5.74, 6) is 0. The number of halogens is 4. The lowest BCUT2D eigenvalue weighted by Gasteiger charge is -2.18. The number of nitrogens with zero attached hydrogens (tertiary/aromatic N) is 1. The Hall–Kier alpha value is -1.11. The third kappa shape index (κ3) is 3.71. The van der Waals surface area contributed by atoms with Crippen LogP contribution in [0.25, 0.3) is 0 Å². The van der Waals surface area contributed by atoms with Gasteiger partial charge in [-0.3, -0.25) is 0 Å². The Morgan fingerprint density at radius 3 is 2.65 bits per heavy atom. The zero-order valence-corrected chi connectivity index (χ0v) is 11.8. The molecule has 1 heterocycles. The fourth-order valence-corrected chi connectivity index (χ4v) is 2.65. The van der Waals surface area contributed by atoms with Gasteiger partial charge in [-0.2, -0.15) is 13.2 Å². The first kappa shape index (κ1) is 15.3. The van der Waals surface area contributed by atoms with E-state index in [1.807, 2.05) is 5.38 Å². The topological polar surface area (TPSA) is 33.1 Å². The van der Waals surface area contributed by atoms with Crippen molar-refractivity contribution in [3.8, 4) is 0 Å². The highest BCUT2D eigenvalue weighted by atomic mass is 35.5. The van der Waals surface area contributed by atoms with Crippen molar-refractivity contribution in [3.63, 3.8) is 0 Å². The molecule has 0 fully saturated rings. The van der Waals surface area contributed by atoms with Crippen molar-refractivity contribution < 1.29 is 18.3 Å². The third-order valence-electron chi connectivity index (χ3n) is 2.84. The molecule has 0 radical (unpaired) electrons. The molecule has 2 nitrogen and oxygen atoms in total. The van der Waals surface area contributed by atoms with Crippen molar-refractivity contribution >= 4 is 22.9 Å². The van der Waals surface area contributed by atoms with Crippen molar-refractivity contribution in [1.82, 2.24) is 4.98 Å². The number of aliphatic hydroxyl groups is 1. The van der Waals surface area contributed by atoms with Crippen LogP contribution in [0, 0.1) is 0 Å². The van der Waals surface area contributed by atoms with Gasteiger partial charge in [0.15, 0.2) is 6.10 Å². The average molecular weight is 322 g/mol. The van der Waals surface area contributed by atoms with E-state index in [2.05, 4.69) is 4.98 Å². The second-order valence-electron chi connectivity index (χ2n) is 4.27. The van der Waals surface area contributed by atoms with Crippen molar-refractivity contribution in [2.75, 3.05) is 0 Å². The largest absolute Gasteiger partial charge is 0.418 e. The maximum Gasteiger partial charge on any atom is 0.418 e. The Balaban J connectivity index is 2.24. The molecular formula is C13H11ClF3NOS. The minimum atomic E-state index is -4.69. The number of hydrogen-bond acceptors (Lipinski definition) is 3. The van der Waals surface area contributed by atoms with E-state index < -0.39 is 12.3 Å². The molecule has 1 unspecified atom stereocenters. The molecule has 0 spiro atoms. The Labute approximate surface area is 122 Å². The summed E-state index contributed by atoms with van der Waals surface area (Å²) < 4.78 is 37.9. The Morgan fingerprint density at radius 2 is 2.05 bits per heavy atom. The molecule has 20 heavy (non-hydrogen) atoms. The molecule has 7 heteroatoms. The second-order valence-corrected chi connectivity index (χ2v) is 5.42. The van der Waals surface area contributed by atoms with Gasteiger partial charge in [0.05, 0.1) is 11.2 Å². The molecule has 2 rings (SSSR count). The van der Waals surface area contributed by atoms with Crippen LogP contribution in [0.5, 0.6) is 0 Å². The van der Waals surface area contributed by atoms with E-state index >= 15 is 0 Å². The molecule has 0 bridgehead atoms. The summed E-state index contributed by atoms with van der Waals surface area (Å²) >= 11 is 7.25. The number of aliphatic hydroxyl groups excluding tert-OH is 1. The van der Waals surface area contributed by atoms with Gasteiger partial charge in [-0.05, 0) is 36.1 Å². The number of benzene rings is 1. The highest BCUT2D eigenvalue weighted by Gasteiger charge is 2.40. The molecule has 0 aliphatic rings. The van der Waals surface area contributed by atoms with E-state index in [-0.39, 0.29) is 5.56 Å². The number of aromatic nitrogens is 1. The van der Waals surface area contributed by atoms with E-state index in [9.17, 15) is 18.3 Å². The zero-order valence-electron chi connectivity index (χ0n) is 10.2. The molecule has 1 aromatic heterocycles. The van der Waals surface area contributed by atoms with Crippen LogP contribution in [0.1, 0.15) is 22.9 Å². The molecule has 1 atom stereocenters. The summed E-state index contributed by atoms with van der Waals surface area (Å²) in [5, 5.41) is 11.6. The van der Waals surface area contributed by atoms with E-state index in [1.165, 1.54) is 29.5 Å². The highest BCUT2D eigenvalue weighted by molar-refractivity contribution is 7.07. The predicted molar refractivity (Wildman–Crippen MR) is 72.0 cm³/mol.